The molecule has 2 fully saturated rings. The Labute approximate surface area is 187 Å². The number of nitrogens with one attached hydrogen (secondary N) is 1. The number of primary amides is 1. The van der Waals surface area contributed by atoms with Gasteiger partial charge in [0.05, 0.1) is 31.6 Å². The van der Waals surface area contributed by atoms with Crippen molar-refractivity contribution in [2.75, 3.05) is 45.2 Å². The van der Waals surface area contributed by atoms with Crippen molar-refractivity contribution in [1.29, 1.82) is 0 Å². The molecule has 3 rings (SSSR count). The third-order valence-corrected chi connectivity index (χ3v) is 6.68. The van der Waals surface area contributed by atoms with E-state index >= 15 is 0 Å². The first-order chi connectivity index (χ1) is 14.8. The summed E-state index contributed by atoms with van der Waals surface area (Å²) >= 11 is 1.35. The van der Waals surface area contributed by atoms with Gasteiger partial charge in [-0.2, -0.15) is 0 Å². The quantitative estimate of drug-likeness (QED) is 0.454. The summed E-state index contributed by atoms with van der Waals surface area (Å²) in [6, 6.07) is 0. The number of hydrogen-bond donors (Lipinski definition) is 2. The molecule has 0 spiro atoms. The Morgan fingerprint density at radius 1 is 1.26 bits per heavy atom. The lowest BCUT2D eigenvalue weighted by Crippen LogP contribution is -2.55. The van der Waals surface area contributed by atoms with E-state index in [1.807, 2.05) is 4.57 Å². The molecular formula is C20H34N6O4S. The van der Waals surface area contributed by atoms with Crippen molar-refractivity contribution < 1.29 is 19.1 Å². The first-order valence-electron chi connectivity index (χ1n) is 10.9. The first kappa shape index (κ1) is 24.0. The molecule has 2 amide bonds. The summed E-state index contributed by atoms with van der Waals surface area (Å²) in [6.45, 7) is 9.42. The van der Waals surface area contributed by atoms with Gasteiger partial charge in [-0.15, -0.1) is 10.2 Å². The van der Waals surface area contributed by atoms with Crippen molar-refractivity contribution in [1.82, 2.24) is 25.0 Å². The van der Waals surface area contributed by atoms with Crippen LogP contribution in [0.3, 0.4) is 0 Å². The highest BCUT2D eigenvalue weighted by Gasteiger charge is 2.28. The number of carbonyl (C=O) groups is 2. The fraction of sp³-hybridized carbons (Fsp3) is 0.800. The van der Waals surface area contributed by atoms with Crippen molar-refractivity contribution in [3.63, 3.8) is 0 Å². The number of amides is 2. The van der Waals surface area contributed by atoms with Crippen LogP contribution in [0.1, 0.15) is 38.9 Å². The highest BCUT2D eigenvalue weighted by molar-refractivity contribution is 7.99. The van der Waals surface area contributed by atoms with Gasteiger partial charge in [-0.05, 0) is 26.7 Å². The molecule has 10 nitrogen and oxygen atoms in total. The minimum Gasteiger partial charge on any atom is -0.379 e. The molecule has 174 valence electrons. The molecule has 2 aliphatic heterocycles. The number of aromatic nitrogens is 3. The Kier molecular flexibility index (Phi) is 8.70. The van der Waals surface area contributed by atoms with Gasteiger partial charge in [-0.3, -0.25) is 14.5 Å². The van der Waals surface area contributed by atoms with Crippen LogP contribution in [0.15, 0.2) is 5.16 Å². The van der Waals surface area contributed by atoms with E-state index in [-0.39, 0.29) is 35.6 Å². The second-order valence-corrected chi connectivity index (χ2v) is 9.53. The molecule has 0 saturated carbocycles. The summed E-state index contributed by atoms with van der Waals surface area (Å²) in [7, 11) is 0. The van der Waals surface area contributed by atoms with Gasteiger partial charge in [0.25, 0.3) is 0 Å². The molecule has 0 aromatic carbocycles. The maximum atomic E-state index is 12.5. The molecule has 1 atom stereocenters. The first-order valence-corrected chi connectivity index (χ1v) is 11.9. The number of rotatable bonds is 11. The molecule has 3 heterocycles. The van der Waals surface area contributed by atoms with E-state index in [1.54, 1.807) is 0 Å². The summed E-state index contributed by atoms with van der Waals surface area (Å²) in [5, 5.41) is 12.2. The number of thioether (sulfide) groups is 1. The molecular weight excluding hydrogens is 420 g/mol. The van der Waals surface area contributed by atoms with Crippen LogP contribution < -0.4 is 11.1 Å². The van der Waals surface area contributed by atoms with Crippen molar-refractivity contribution >= 4 is 23.6 Å². The Morgan fingerprint density at radius 3 is 2.71 bits per heavy atom. The standard InChI is InChI=1S/C20H34N6O4S/c1-20(2,25-7-10-29-11-8-25)14-22-18(28)13-31-19-24-23-17(6-5-16(21)27)26(19)12-15-4-3-9-30-15/h15H,3-14H2,1-2H3,(H2,21,27)(H,22,28). The molecule has 2 saturated heterocycles. The topological polar surface area (TPSA) is 125 Å². The van der Waals surface area contributed by atoms with Gasteiger partial charge in [0, 0.05) is 44.6 Å². The third-order valence-electron chi connectivity index (χ3n) is 5.72. The van der Waals surface area contributed by atoms with Crippen molar-refractivity contribution in [3.8, 4) is 0 Å². The zero-order chi connectivity index (χ0) is 22.3. The number of carbonyl (C=O) groups excluding carboxylic acids is 2. The molecule has 1 aromatic rings. The molecule has 0 aliphatic carbocycles. The maximum absolute atomic E-state index is 12.5. The average Bonchev–Trinajstić information content (AvgIpc) is 3.40. The van der Waals surface area contributed by atoms with Crippen molar-refractivity contribution in [2.45, 2.75) is 62.9 Å². The van der Waals surface area contributed by atoms with E-state index in [9.17, 15) is 9.59 Å². The smallest absolute Gasteiger partial charge is 0.230 e. The largest absolute Gasteiger partial charge is 0.379 e. The fourth-order valence-corrected chi connectivity index (χ4v) is 4.59. The molecule has 31 heavy (non-hydrogen) atoms. The van der Waals surface area contributed by atoms with E-state index in [0.717, 1.165) is 45.8 Å². The monoisotopic (exact) mass is 454 g/mol. The highest BCUT2D eigenvalue weighted by atomic mass is 32.2. The number of aryl methyl sites for hydroxylation is 1. The van der Waals surface area contributed by atoms with Crippen LogP contribution in [0.2, 0.25) is 0 Å². The van der Waals surface area contributed by atoms with Crippen LogP contribution in [0, 0.1) is 0 Å². The Balaban J connectivity index is 1.54. The van der Waals surface area contributed by atoms with Gasteiger partial charge in [0.15, 0.2) is 5.16 Å². The zero-order valence-corrected chi connectivity index (χ0v) is 19.3. The number of hydrogen-bond acceptors (Lipinski definition) is 8. The van der Waals surface area contributed by atoms with Gasteiger partial charge in [0.1, 0.15) is 5.82 Å². The SMILES string of the molecule is CC(C)(CNC(=O)CSc1nnc(CCC(N)=O)n1CC1CCCO1)N1CCOCC1. The number of nitrogens with zero attached hydrogens (tertiary/aromatic N) is 4. The number of nitrogens with two attached hydrogens (primary N) is 1. The van der Waals surface area contributed by atoms with Crippen molar-refractivity contribution in [3.05, 3.63) is 5.82 Å². The lowest BCUT2D eigenvalue weighted by molar-refractivity contribution is -0.119. The summed E-state index contributed by atoms with van der Waals surface area (Å²) in [5.41, 5.74) is 5.16. The molecule has 1 aromatic heterocycles. The predicted octanol–water partition coefficient (Wildman–Crippen LogP) is 0.194. The minimum absolute atomic E-state index is 0.0447. The lowest BCUT2D eigenvalue weighted by atomic mass is 10.0. The normalized spacial score (nSPS) is 20.1. The second kappa shape index (κ2) is 11.3. The zero-order valence-electron chi connectivity index (χ0n) is 18.5. The summed E-state index contributed by atoms with van der Waals surface area (Å²) in [4.78, 5) is 26.0. The van der Waals surface area contributed by atoms with Crippen LogP contribution in [-0.2, 0) is 32.0 Å². The van der Waals surface area contributed by atoms with Crippen LogP contribution in [0.4, 0.5) is 0 Å². The average molecular weight is 455 g/mol. The van der Waals surface area contributed by atoms with Crippen molar-refractivity contribution in [2.24, 2.45) is 5.73 Å². The molecule has 0 bridgehead atoms. The second-order valence-electron chi connectivity index (χ2n) is 8.59. The van der Waals surface area contributed by atoms with Crippen LogP contribution in [0.5, 0.6) is 0 Å². The Morgan fingerprint density at radius 2 is 2.03 bits per heavy atom. The molecule has 1 unspecified atom stereocenters. The third kappa shape index (κ3) is 7.16. The van der Waals surface area contributed by atoms with E-state index in [4.69, 9.17) is 15.2 Å². The Hall–Kier alpha value is -1.69. The van der Waals surface area contributed by atoms with E-state index in [2.05, 4.69) is 34.3 Å². The van der Waals surface area contributed by atoms with Gasteiger partial charge in [-0.1, -0.05) is 11.8 Å². The molecule has 3 N–H and O–H groups in total. The van der Waals surface area contributed by atoms with Gasteiger partial charge >= 0.3 is 0 Å². The van der Waals surface area contributed by atoms with Gasteiger partial charge < -0.3 is 25.1 Å². The van der Waals surface area contributed by atoms with Gasteiger partial charge in [-0.25, -0.2) is 0 Å². The van der Waals surface area contributed by atoms with Gasteiger partial charge in [0.2, 0.25) is 11.8 Å². The lowest BCUT2D eigenvalue weighted by Gasteiger charge is -2.40. The maximum Gasteiger partial charge on any atom is 0.230 e. The van der Waals surface area contributed by atoms with Crippen LogP contribution >= 0.6 is 11.8 Å². The van der Waals surface area contributed by atoms with E-state index < -0.39 is 0 Å². The van der Waals surface area contributed by atoms with Crippen LogP contribution in [-0.4, -0.2) is 88.3 Å². The number of ether oxygens (including phenoxy) is 2. The number of morpholine rings is 1. The highest BCUT2D eigenvalue weighted by Crippen LogP contribution is 2.22. The van der Waals surface area contributed by atoms with Crippen LogP contribution in [0.25, 0.3) is 0 Å². The predicted molar refractivity (Wildman–Crippen MR) is 117 cm³/mol. The molecule has 11 heteroatoms. The fourth-order valence-electron chi connectivity index (χ4n) is 3.80. The van der Waals surface area contributed by atoms with E-state index in [1.165, 1.54) is 11.8 Å². The summed E-state index contributed by atoms with van der Waals surface area (Å²) in [5.74, 6) is 0.532. The summed E-state index contributed by atoms with van der Waals surface area (Å²) < 4.78 is 13.1. The molecule has 2 aliphatic rings. The van der Waals surface area contributed by atoms with E-state index in [0.29, 0.717) is 30.5 Å². The molecule has 0 radical (unpaired) electrons. The minimum atomic E-state index is -0.372. The summed E-state index contributed by atoms with van der Waals surface area (Å²) in [6.07, 6.45) is 2.76. The Bertz CT molecular complexity index is 744.